The number of halogens is 1. The predicted molar refractivity (Wildman–Crippen MR) is 86.9 cm³/mol. The predicted octanol–water partition coefficient (Wildman–Crippen LogP) is 4.60. The van der Waals surface area contributed by atoms with E-state index < -0.39 is 0 Å². The lowest BCUT2D eigenvalue weighted by Gasteiger charge is -2.35. The minimum Gasteiger partial charge on any atom is -0.368 e. The zero-order valence-corrected chi connectivity index (χ0v) is 13.4. The molecule has 2 aromatic heterocycles. The standard InChI is InChI=1S/C15H20ClN3S/c1-11-7-20-13-12(11)18-10-19-14(13)17-9-15(8-16)5-3-2-4-6-15/h7,10H,2-6,8-9H2,1H3,(H,17,18,19). The van der Waals surface area contributed by atoms with Crippen molar-refractivity contribution in [1.29, 1.82) is 0 Å². The van der Waals surface area contributed by atoms with E-state index in [0.29, 0.717) is 0 Å². The van der Waals surface area contributed by atoms with Crippen LogP contribution >= 0.6 is 22.9 Å². The molecule has 0 saturated heterocycles. The maximum absolute atomic E-state index is 6.26. The molecule has 0 bridgehead atoms. The number of nitrogens with zero attached hydrogens (tertiary/aromatic N) is 2. The molecule has 0 amide bonds. The number of hydrogen-bond acceptors (Lipinski definition) is 4. The van der Waals surface area contributed by atoms with Gasteiger partial charge in [0.15, 0.2) is 0 Å². The Labute approximate surface area is 128 Å². The van der Waals surface area contributed by atoms with Crippen LogP contribution in [-0.4, -0.2) is 22.4 Å². The van der Waals surface area contributed by atoms with E-state index in [-0.39, 0.29) is 5.41 Å². The Morgan fingerprint density at radius 1 is 1.30 bits per heavy atom. The second kappa shape index (κ2) is 5.86. The Morgan fingerprint density at radius 2 is 2.10 bits per heavy atom. The maximum atomic E-state index is 6.26. The van der Waals surface area contributed by atoms with Gasteiger partial charge < -0.3 is 5.32 Å². The number of nitrogens with one attached hydrogen (secondary N) is 1. The lowest BCUT2D eigenvalue weighted by atomic mass is 9.75. The summed E-state index contributed by atoms with van der Waals surface area (Å²) < 4.78 is 1.16. The molecule has 1 aliphatic rings. The highest BCUT2D eigenvalue weighted by atomic mass is 35.5. The summed E-state index contributed by atoms with van der Waals surface area (Å²) in [5.41, 5.74) is 2.53. The average molecular weight is 310 g/mol. The number of thiophene rings is 1. The highest BCUT2D eigenvalue weighted by Crippen LogP contribution is 2.38. The van der Waals surface area contributed by atoms with Gasteiger partial charge in [0, 0.05) is 17.8 Å². The zero-order valence-electron chi connectivity index (χ0n) is 11.8. The molecule has 0 spiro atoms. The first-order chi connectivity index (χ1) is 9.74. The SMILES string of the molecule is Cc1csc2c(NCC3(CCl)CCCCC3)ncnc12. The van der Waals surface area contributed by atoms with E-state index >= 15 is 0 Å². The van der Waals surface area contributed by atoms with Crippen LogP contribution in [0.5, 0.6) is 0 Å². The summed E-state index contributed by atoms with van der Waals surface area (Å²) >= 11 is 7.97. The molecule has 0 atom stereocenters. The number of aromatic nitrogens is 2. The summed E-state index contributed by atoms with van der Waals surface area (Å²) in [5.74, 6) is 1.70. The highest BCUT2D eigenvalue weighted by molar-refractivity contribution is 7.18. The Bertz CT molecular complexity index is 590. The number of alkyl halides is 1. The van der Waals surface area contributed by atoms with E-state index in [0.717, 1.165) is 28.5 Å². The molecule has 2 aromatic rings. The van der Waals surface area contributed by atoms with Gasteiger partial charge in [-0.25, -0.2) is 9.97 Å². The van der Waals surface area contributed by atoms with Gasteiger partial charge in [0.05, 0.1) is 10.2 Å². The molecule has 5 heteroatoms. The third-order valence-electron chi connectivity index (χ3n) is 4.36. The van der Waals surface area contributed by atoms with E-state index in [1.165, 1.54) is 37.7 Å². The van der Waals surface area contributed by atoms with Crippen molar-refractivity contribution >= 4 is 39.0 Å². The minimum atomic E-state index is 0.239. The van der Waals surface area contributed by atoms with Crippen LogP contribution in [0.25, 0.3) is 10.2 Å². The lowest BCUT2D eigenvalue weighted by Crippen LogP contribution is -2.34. The zero-order chi connectivity index (χ0) is 14.0. The second-order valence-electron chi connectivity index (χ2n) is 5.87. The highest BCUT2D eigenvalue weighted by Gasteiger charge is 2.31. The molecule has 0 radical (unpaired) electrons. The number of anilines is 1. The molecule has 1 aliphatic carbocycles. The van der Waals surface area contributed by atoms with Crippen LogP contribution < -0.4 is 5.32 Å². The van der Waals surface area contributed by atoms with E-state index in [1.54, 1.807) is 17.7 Å². The molecule has 108 valence electrons. The molecule has 1 N–H and O–H groups in total. The first kappa shape index (κ1) is 14.1. The smallest absolute Gasteiger partial charge is 0.147 e. The Balaban J connectivity index is 1.79. The van der Waals surface area contributed by atoms with Gasteiger partial charge in [-0.1, -0.05) is 19.3 Å². The van der Waals surface area contributed by atoms with Gasteiger partial charge in [-0.15, -0.1) is 22.9 Å². The van der Waals surface area contributed by atoms with Gasteiger partial charge in [-0.3, -0.25) is 0 Å². The fourth-order valence-corrected chi connectivity index (χ4v) is 4.36. The number of aryl methyl sites for hydroxylation is 1. The van der Waals surface area contributed by atoms with Crippen molar-refractivity contribution in [3.63, 3.8) is 0 Å². The number of hydrogen-bond donors (Lipinski definition) is 1. The van der Waals surface area contributed by atoms with Gasteiger partial charge in [-0.05, 0) is 30.7 Å². The molecule has 20 heavy (non-hydrogen) atoms. The molecule has 0 aromatic carbocycles. The lowest BCUT2D eigenvalue weighted by molar-refractivity contribution is 0.238. The molecule has 0 unspecified atom stereocenters. The van der Waals surface area contributed by atoms with E-state index in [9.17, 15) is 0 Å². The quantitative estimate of drug-likeness (QED) is 0.839. The van der Waals surface area contributed by atoms with Crippen molar-refractivity contribution in [1.82, 2.24) is 9.97 Å². The van der Waals surface area contributed by atoms with Crippen LogP contribution in [0, 0.1) is 12.3 Å². The molecule has 1 saturated carbocycles. The second-order valence-corrected chi connectivity index (χ2v) is 7.01. The summed E-state index contributed by atoms with van der Waals surface area (Å²) in [6, 6.07) is 0. The van der Waals surface area contributed by atoms with Crippen LogP contribution in [0.3, 0.4) is 0 Å². The maximum Gasteiger partial charge on any atom is 0.147 e. The molecule has 3 rings (SSSR count). The van der Waals surface area contributed by atoms with Crippen molar-refractivity contribution in [2.75, 3.05) is 17.7 Å². The summed E-state index contributed by atoms with van der Waals surface area (Å²) in [7, 11) is 0. The van der Waals surface area contributed by atoms with Gasteiger partial charge in [0.25, 0.3) is 0 Å². The van der Waals surface area contributed by atoms with Crippen LogP contribution in [0.4, 0.5) is 5.82 Å². The van der Waals surface area contributed by atoms with E-state index in [2.05, 4.69) is 27.6 Å². The fraction of sp³-hybridized carbons (Fsp3) is 0.600. The van der Waals surface area contributed by atoms with Crippen molar-refractivity contribution in [2.45, 2.75) is 39.0 Å². The first-order valence-corrected chi connectivity index (χ1v) is 8.64. The molecular weight excluding hydrogens is 290 g/mol. The van der Waals surface area contributed by atoms with E-state index in [4.69, 9.17) is 11.6 Å². The van der Waals surface area contributed by atoms with Crippen molar-refractivity contribution < 1.29 is 0 Å². The van der Waals surface area contributed by atoms with Crippen LogP contribution in [0.1, 0.15) is 37.7 Å². The Hall–Kier alpha value is -0.870. The normalized spacial score (nSPS) is 18.3. The van der Waals surface area contributed by atoms with Crippen molar-refractivity contribution in [3.05, 3.63) is 17.3 Å². The average Bonchev–Trinajstić information content (AvgIpc) is 2.88. The van der Waals surface area contributed by atoms with Crippen molar-refractivity contribution in [3.8, 4) is 0 Å². The van der Waals surface area contributed by atoms with Gasteiger partial charge in [0.1, 0.15) is 12.1 Å². The topological polar surface area (TPSA) is 37.8 Å². The molecule has 1 fully saturated rings. The largest absolute Gasteiger partial charge is 0.368 e. The van der Waals surface area contributed by atoms with Gasteiger partial charge in [0.2, 0.25) is 0 Å². The summed E-state index contributed by atoms with van der Waals surface area (Å²) in [4.78, 5) is 8.78. The minimum absolute atomic E-state index is 0.239. The van der Waals surface area contributed by atoms with Gasteiger partial charge in [-0.2, -0.15) is 0 Å². The summed E-state index contributed by atoms with van der Waals surface area (Å²) in [6.07, 6.45) is 8.04. The Kier molecular flexibility index (Phi) is 4.13. The third-order valence-corrected chi connectivity index (χ3v) is 6.02. The monoisotopic (exact) mass is 309 g/mol. The molecule has 2 heterocycles. The van der Waals surface area contributed by atoms with E-state index in [1.807, 2.05) is 0 Å². The van der Waals surface area contributed by atoms with Crippen LogP contribution in [0.2, 0.25) is 0 Å². The molecule has 0 aliphatic heterocycles. The number of rotatable bonds is 4. The third kappa shape index (κ3) is 2.63. The van der Waals surface area contributed by atoms with Crippen LogP contribution in [0.15, 0.2) is 11.7 Å². The number of fused-ring (bicyclic) bond motifs is 1. The summed E-state index contributed by atoms with van der Waals surface area (Å²) in [6.45, 7) is 3.01. The van der Waals surface area contributed by atoms with Gasteiger partial charge >= 0.3 is 0 Å². The van der Waals surface area contributed by atoms with Crippen LogP contribution in [-0.2, 0) is 0 Å². The first-order valence-electron chi connectivity index (χ1n) is 7.23. The van der Waals surface area contributed by atoms with Crippen molar-refractivity contribution in [2.24, 2.45) is 5.41 Å². The molecular formula is C15H20ClN3S. The molecule has 3 nitrogen and oxygen atoms in total. The summed E-state index contributed by atoms with van der Waals surface area (Å²) in [5, 5.41) is 5.68. The fourth-order valence-electron chi connectivity index (χ4n) is 3.03. The Morgan fingerprint density at radius 3 is 2.85 bits per heavy atom.